The Labute approximate surface area is 145 Å². The van der Waals surface area contributed by atoms with Crippen LogP contribution in [0.4, 0.5) is 11.4 Å². The summed E-state index contributed by atoms with van der Waals surface area (Å²) in [6, 6.07) is 3.85. The van der Waals surface area contributed by atoms with Crippen molar-refractivity contribution in [2.75, 3.05) is 12.4 Å². The Bertz CT molecular complexity index is 655. The van der Waals surface area contributed by atoms with Crippen LogP contribution in [0.5, 0.6) is 5.75 Å². The van der Waals surface area contributed by atoms with Gasteiger partial charge in [-0.1, -0.05) is 12.8 Å². The molecule has 0 spiro atoms. The second kappa shape index (κ2) is 8.46. The van der Waals surface area contributed by atoms with Gasteiger partial charge in [0.05, 0.1) is 23.8 Å². The van der Waals surface area contributed by atoms with Crippen LogP contribution < -0.4 is 10.1 Å². The standard InChI is InChI=1S/C17H22N2O6/c1-11(25-16(20)9-12-5-3-4-6-12)17(21)18-14-8-7-13(19(22)23)10-15(14)24-2/h7-8,10-12H,3-6,9H2,1-2H3,(H,18,21)/t11-/m0/s1. The summed E-state index contributed by atoms with van der Waals surface area (Å²) in [6.45, 7) is 1.49. The van der Waals surface area contributed by atoms with Crippen LogP contribution in [-0.4, -0.2) is 30.0 Å². The second-order valence-corrected chi connectivity index (χ2v) is 6.12. The van der Waals surface area contributed by atoms with E-state index in [4.69, 9.17) is 9.47 Å². The third kappa shape index (κ3) is 5.17. The summed E-state index contributed by atoms with van der Waals surface area (Å²) in [4.78, 5) is 34.3. The van der Waals surface area contributed by atoms with Crippen molar-refractivity contribution in [3.8, 4) is 5.75 Å². The molecule has 1 aliphatic rings. The third-order valence-corrected chi connectivity index (χ3v) is 4.26. The van der Waals surface area contributed by atoms with Gasteiger partial charge >= 0.3 is 5.97 Å². The molecule has 1 fully saturated rings. The summed E-state index contributed by atoms with van der Waals surface area (Å²) in [5.74, 6) is -0.401. The highest BCUT2D eigenvalue weighted by Crippen LogP contribution is 2.30. The number of hydrogen-bond donors (Lipinski definition) is 1. The quantitative estimate of drug-likeness (QED) is 0.460. The molecule has 1 N–H and O–H groups in total. The van der Waals surface area contributed by atoms with Gasteiger partial charge in [0, 0.05) is 12.5 Å². The summed E-state index contributed by atoms with van der Waals surface area (Å²) >= 11 is 0. The van der Waals surface area contributed by atoms with Crippen LogP contribution in [0.1, 0.15) is 39.0 Å². The Hall–Kier alpha value is -2.64. The highest BCUT2D eigenvalue weighted by molar-refractivity contribution is 5.96. The van der Waals surface area contributed by atoms with Crippen molar-refractivity contribution in [3.05, 3.63) is 28.3 Å². The first-order valence-corrected chi connectivity index (χ1v) is 8.23. The summed E-state index contributed by atoms with van der Waals surface area (Å²) in [5.41, 5.74) is 0.127. The van der Waals surface area contributed by atoms with Gasteiger partial charge in [-0.05, 0) is 31.7 Å². The first-order valence-electron chi connectivity index (χ1n) is 8.23. The van der Waals surface area contributed by atoms with Crippen molar-refractivity contribution < 1.29 is 24.0 Å². The van der Waals surface area contributed by atoms with Gasteiger partial charge in [0.25, 0.3) is 11.6 Å². The predicted molar refractivity (Wildman–Crippen MR) is 90.4 cm³/mol. The molecule has 1 aliphatic carbocycles. The van der Waals surface area contributed by atoms with Crippen LogP contribution in [0.2, 0.25) is 0 Å². The number of nitro benzene ring substituents is 1. The van der Waals surface area contributed by atoms with E-state index in [1.807, 2.05) is 0 Å². The number of amides is 1. The number of nitrogens with one attached hydrogen (secondary N) is 1. The minimum Gasteiger partial charge on any atom is -0.494 e. The molecule has 0 aromatic heterocycles. The number of carbonyl (C=O) groups is 2. The molecule has 0 bridgehead atoms. The molecule has 1 amide bonds. The van der Waals surface area contributed by atoms with E-state index in [2.05, 4.69) is 5.32 Å². The van der Waals surface area contributed by atoms with Crippen molar-refractivity contribution in [1.82, 2.24) is 0 Å². The molecule has 1 aromatic rings. The van der Waals surface area contributed by atoms with Crippen LogP contribution in [0.15, 0.2) is 18.2 Å². The number of esters is 1. The highest BCUT2D eigenvalue weighted by atomic mass is 16.6. The molecule has 8 nitrogen and oxygen atoms in total. The van der Waals surface area contributed by atoms with Crippen molar-refractivity contribution in [2.45, 2.75) is 45.1 Å². The molecular weight excluding hydrogens is 328 g/mol. The normalized spacial score (nSPS) is 15.4. The minimum absolute atomic E-state index is 0.147. The van der Waals surface area contributed by atoms with E-state index in [9.17, 15) is 19.7 Å². The smallest absolute Gasteiger partial charge is 0.306 e. The lowest BCUT2D eigenvalue weighted by Gasteiger charge is -2.16. The maximum absolute atomic E-state index is 12.2. The van der Waals surface area contributed by atoms with E-state index in [1.165, 1.54) is 32.2 Å². The molecule has 0 radical (unpaired) electrons. The number of nitrogens with zero attached hydrogens (tertiary/aromatic N) is 1. The predicted octanol–water partition coefficient (Wildman–Crippen LogP) is 3.05. The van der Waals surface area contributed by atoms with Crippen molar-refractivity contribution >= 4 is 23.3 Å². The molecule has 1 aromatic carbocycles. The van der Waals surface area contributed by atoms with E-state index in [-0.39, 0.29) is 23.1 Å². The maximum Gasteiger partial charge on any atom is 0.306 e. The fourth-order valence-electron chi connectivity index (χ4n) is 2.88. The Kier molecular flexibility index (Phi) is 6.32. The first-order chi connectivity index (χ1) is 11.9. The van der Waals surface area contributed by atoms with E-state index < -0.39 is 16.9 Å². The molecule has 0 saturated heterocycles. The van der Waals surface area contributed by atoms with Crippen molar-refractivity contribution in [2.24, 2.45) is 5.92 Å². The van der Waals surface area contributed by atoms with Gasteiger partial charge in [-0.3, -0.25) is 19.7 Å². The lowest BCUT2D eigenvalue weighted by molar-refractivity contribution is -0.384. The van der Waals surface area contributed by atoms with Gasteiger partial charge in [0.15, 0.2) is 6.10 Å². The van der Waals surface area contributed by atoms with Crippen LogP contribution in [0, 0.1) is 16.0 Å². The first kappa shape index (κ1) is 18.7. The molecule has 2 rings (SSSR count). The number of hydrogen-bond acceptors (Lipinski definition) is 6. The SMILES string of the molecule is COc1cc([N+](=O)[O-])ccc1NC(=O)[C@H](C)OC(=O)CC1CCCC1. The molecule has 25 heavy (non-hydrogen) atoms. The molecule has 8 heteroatoms. The third-order valence-electron chi connectivity index (χ3n) is 4.26. The molecular formula is C17H22N2O6. The zero-order valence-corrected chi connectivity index (χ0v) is 14.3. The van der Waals surface area contributed by atoms with Gasteiger partial charge < -0.3 is 14.8 Å². The fraction of sp³-hybridized carbons (Fsp3) is 0.529. The number of methoxy groups -OCH3 is 1. The number of carbonyl (C=O) groups excluding carboxylic acids is 2. The van der Waals surface area contributed by atoms with Crippen molar-refractivity contribution in [1.29, 1.82) is 0 Å². The number of rotatable bonds is 7. The Morgan fingerprint density at radius 3 is 2.64 bits per heavy atom. The van der Waals surface area contributed by atoms with E-state index in [1.54, 1.807) is 0 Å². The molecule has 0 unspecified atom stereocenters. The zero-order chi connectivity index (χ0) is 18.4. The molecule has 1 saturated carbocycles. The number of nitro groups is 1. The lowest BCUT2D eigenvalue weighted by atomic mass is 10.0. The number of anilines is 1. The van der Waals surface area contributed by atoms with E-state index in [0.29, 0.717) is 12.3 Å². The fourth-order valence-corrected chi connectivity index (χ4v) is 2.88. The second-order valence-electron chi connectivity index (χ2n) is 6.12. The largest absolute Gasteiger partial charge is 0.494 e. The maximum atomic E-state index is 12.2. The Balaban J connectivity index is 1.93. The topological polar surface area (TPSA) is 108 Å². The lowest BCUT2D eigenvalue weighted by Crippen LogP contribution is -2.30. The molecule has 0 heterocycles. The van der Waals surface area contributed by atoms with E-state index in [0.717, 1.165) is 25.7 Å². The Morgan fingerprint density at radius 1 is 1.36 bits per heavy atom. The van der Waals surface area contributed by atoms with Gasteiger partial charge in [-0.25, -0.2) is 0 Å². The molecule has 0 aliphatic heterocycles. The number of benzene rings is 1. The van der Waals surface area contributed by atoms with Crippen LogP contribution >= 0.6 is 0 Å². The van der Waals surface area contributed by atoms with Crippen LogP contribution in [0.3, 0.4) is 0 Å². The Morgan fingerprint density at radius 2 is 2.04 bits per heavy atom. The van der Waals surface area contributed by atoms with Gasteiger partial charge in [-0.15, -0.1) is 0 Å². The van der Waals surface area contributed by atoms with Gasteiger partial charge in [0.2, 0.25) is 0 Å². The monoisotopic (exact) mass is 350 g/mol. The number of non-ortho nitro benzene ring substituents is 1. The van der Waals surface area contributed by atoms with Crippen LogP contribution in [-0.2, 0) is 14.3 Å². The van der Waals surface area contributed by atoms with Crippen LogP contribution in [0.25, 0.3) is 0 Å². The minimum atomic E-state index is -0.964. The van der Waals surface area contributed by atoms with Crippen molar-refractivity contribution in [3.63, 3.8) is 0 Å². The zero-order valence-electron chi connectivity index (χ0n) is 14.3. The summed E-state index contributed by atoms with van der Waals surface area (Å²) in [6.07, 6.45) is 3.68. The number of ether oxygens (including phenoxy) is 2. The average molecular weight is 350 g/mol. The summed E-state index contributed by atoms with van der Waals surface area (Å²) < 4.78 is 10.2. The molecule has 136 valence electrons. The summed E-state index contributed by atoms with van der Waals surface area (Å²) in [7, 11) is 1.35. The molecule has 1 atom stereocenters. The van der Waals surface area contributed by atoms with Gasteiger partial charge in [-0.2, -0.15) is 0 Å². The van der Waals surface area contributed by atoms with E-state index >= 15 is 0 Å². The summed E-state index contributed by atoms with van der Waals surface area (Å²) in [5, 5.41) is 13.3. The average Bonchev–Trinajstić information content (AvgIpc) is 3.07. The van der Waals surface area contributed by atoms with Gasteiger partial charge in [0.1, 0.15) is 5.75 Å². The highest BCUT2D eigenvalue weighted by Gasteiger charge is 2.24.